The number of hydrogen-bond donors (Lipinski definition) is 1. The molecule has 88 valence electrons. The molecule has 0 aliphatic heterocycles. The molecule has 0 saturated carbocycles. The molecule has 0 atom stereocenters. The first kappa shape index (κ1) is 12.9. The number of ether oxygens (including phenoxy) is 1. The van der Waals surface area contributed by atoms with Gasteiger partial charge in [-0.25, -0.2) is 0 Å². The van der Waals surface area contributed by atoms with Gasteiger partial charge in [0.2, 0.25) is 0 Å². The minimum atomic E-state index is 0.702. The summed E-state index contributed by atoms with van der Waals surface area (Å²) in [6, 6.07) is 8.45. The summed E-state index contributed by atoms with van der Waals surface area (Å²) in [5.74, 6) is 0. The summed E-state index contributed by atoms with van der Waals surface area (Å²) in [5, 5.41) is 3.17. The summed E-state index contributed by atoms with van der Waals surface area (Å²) in [6.45, 7) is 6.13. The minimum Gasteiger partial charge on any atom is -0.376 e. The highest BCUT2D eigenvalue weighted by atomic mass is 16.5. The van der Waals surface area contributed by atoms with E-state index in [1.165, 1.54) is 11.1 Å². The summed E-state index contributed by atoms with van der Waals surface area (Å²) in [7, 11) is 1.98. The van der Waals surface area contributed by atoms with Crippen LogP contribution in [0.25, 0.3) is 0 Å². The van der Waals surface area contributed by atoms with E-state index in [0.717, 1.165) is 26.0 Å². The summed E-state index contributed by atoms with van der Waals surface area (Å²) < 4.78 is 5.59. The van der Waals surface area contributed by atoms with Crippen LogP contribution in [0, 0.1) is 0 Å². The molecule has 2 nitrogen and oxygen atoms in total. The van der Waals surface area contributed by atoms with E-state index in [9.17, 15) is 0 Å². The van der Waals surface area contributed by atoms with Crippen LogP contribution in [0.3, 0.4) is 0 Å². The fourth-order valence-electron chi connectivity index (χ4n) is 1.55. The van der Waals surface area contributed by atoms with Gasteiger partial charge in [-0.2, -0.15) is 0 Å². The van der Waals surface area contributed by atoms with Crippen molar-refractivity contribution in [2.75, 3.05) is 20.2 Å². The van der Waals surface area contributed by atoms with Gasteiger partial charge in [-0.3, -0.25) is 0 Å². The average molecular weight is 219 g/mol. The maximum Gasteiger partial charge on any atom is 0.0719 e. The number of likely N-dealkylation sites (N-methyl/N-ethyl adjacent to an activating group) is 1. The quantitative estimate of drug-likeness (QED) is 0.536. The number of hydrogen-bond acceptors (Lipinski definition) is 2. The fourth-order valence-corrected chi connectivity index (χ4v) is 1.55. The Morgan fingerprint density at radius 3 is 2.75 bits per heavy atom. The maximum absolute atomic E-state index is 5.59. The molecule has 2 heteroatoms. The third kappa shape index (κ3) is 4.60. The first-order chi connectivity index (χ1) is 7.88. The molecule has 0 amide bonds. The van der Waals surface area contributed by atoms with E-state index in [1.54, 1.807) is 0 Å². The van der Waals surface area contributed by atoms with Crippen LogP contribution in [0.4, 0.5) is 0 Å². The lowest BCUT2D eigenvalue weighted by atomic mass is 10.1. The third-order valence-electron chi connectivity index (χ3n) is 2.49. The number of nitrogens with one attached hydrogen (secondary N) is 1. The van der Waals surface area contributed by atoms with Crippen molar-refractivity contribution in [3.8, 4) is 0 Å². The Labute approximate surface area is 98.3 Å². The van der Waals surface area contributed by atoms with Crippen molar-refractivity contribution in [1.29, 1.82) is 0 Å². The molecule has 0 aliphatic rings. The van der Waals surface area contributed by atoms with Crippen molar-refractivity contribution < 1.29 is 4.74 Å². The Kier molecular flexibility index (Phi) is 6.54. The zero-order chi connectivity index (χ0) is 11.6. The van der Waals surface area contributed by atoms with Crippen LogP contribution in [0.2, 0.25) is 0 Å². The molecular formula is C14H21NO. The van der Waals surface area contributed by atoms with E-state index in [2.05, 4.69) is 36.2 Å². The molecule has 1 rings (SSSR count). The fraction of sp³-hybridized carbons (Fsp3) is 0.429. The standard InChI is InChI=1S/C14H21NO/c1-3-4-11-16-12-14-8-6-5-7-13(14)9-10-15-2/h3,5-8,15H,1,4,9-12H2,2H3. The summed E-state index contributed by atoms with van der Waals surface area (Å²) >= 11 is 0. The predicted molar refractivity (Wildman–Crippen MR) is 68.5 cm³/mol. The normalized spacial score (nSPS) is 10.3. The maximum atomic E-state index is 5.59. The van der Waals surface area contributed by atoms with Gasteiger partial charge in [0.25, 0.3) is 0 Å². The molecule has 1 N–H and O–H groups in total. The van der Waals surface area contributed by atoms with E-state index in [0.29, 0.717) is 6.61 Å². The zero-order valence-electron chi connectivity index (χ0n) is 10.0. The lowest BCUT2D eigenvalue weighted by Crippen LogP contribution is -2.11. The molecule has 0 radical (unpaired) electrons. The van der Waals surface area contributed by atoms with Gasteiger partial charge in [-0.05, 0) is 37.6 Å². The van der Waals surface area contributed by atoms with E-state index < -0.39 is 0 Å². The van der Waals surface area contributed by atoms with Gasteiger partial charge < -0.3 is 10.1 Å². The highest BCUT2D eigenvalue weighted by Gasteiger charge is 2.00. The molecule has 0 unspecified atom stereocenters. The van der Waals surface area contributed by atoms with Crippen LogP contribution in [0.1, 0.15) is 17.5 Å². The van der Waals surface area contributed by atoms with Gasteiger partial charge in [0.15, 0.2) is 0 Å². The van der Waals surface area contributed by atoms with Crippen molar-refractivity contribution >= 4 is 0 Å². The molecule has 1 aromatic rings. The molecule has 1 aromatic carbocycles. The second-order valence-corrected chi connectivity index (χ2v) is 3.75. The van der Waals surface area contributed by atoms with Crippen molar-refractivity contribution in [1.82, 2.24) is 5.32 Å². The monoisotopic (exact) mass is 219 g/mol. The van der Waals surface area contributed by atoms with Gasteiger partial charge in [0.1, 0.15) is 0 Å². The Bertz CT molecular complexity index is 309. The van der Waals surface area contributed by atoms with E-state index in [4.69, 9.17) is 4.74 Å². The smallest absolute Gasteiger partial charge is 0.0719 e. The molecular weight excluding hydrogens is 198 g/mol. The van der Waals surface area contributed by atoms with Crippen LogP contribution >= 0.6 is 0 Å². The van der Waals surface area contributed by atoms with Crippen molar-refractivity contribution in [2.24, 2.45) is 0 Å². The first-order valence-corrected chi connectivity index (χ1v) is 5.78. The number of benzene rings is 1. The Hall–Kier alpha value is -1.12. The predicted octanol–water partition coefficient (Wildman–Crippen LogP) is 2.54. The topological polar surface area (TPSA) is 21.3 Å². The minimum absolute atomic E-state index is 0.702. The second-order valence-electron chi connectivity index (χ2n) is 3.75. The summed E-state index contributed by atoms with van der Waals surface area (Å²) in [4.78, 5) is 0. The van der Waals surface area contributed by atoms with Gasteiger partial charge in [0, 0.05) is 0 Å². The molecule has 0 aromatic heterocycles. The molecule has 0 aliphatic carbocycles. The second kappa shape index (κ2) is 8.08. The van der Waals surface area contributed by atoms with E-state index >= 15 is 0 Å². The van der Waals surface area contributed by atoms with Gasteiger partial charge in [-0.15, -0.1) is 6.58 Å². The SMILES string of the molecule is C=CCCOCc1ccccc1CCNC. The van der Waals surface area contributed by atoms with E-state index in [-0.39, 0.29) is 0 Å². The van der Waals surface area contributed by atoms with Crippen molar-refractivity contribution in [2.45, 2.75) is 19.4 Å². The zero-order valence-corrected chi connectivity index (χ0v) is 10.0. The Morgan fingerprint density at radius 1 is 1.31 bits per heavy atom. The Morgan fingerprint density at radius 2 is 2.06 bits per heavy atom. The molecule has 0 fully saturated rings. The van der Waals surface area contributed by atoms with Gasteiger partial charge in [0.05, 0.1) is 13.2 Å². The highest BCUT2D eigenvalue weighted by Crippen LogP contribution is 2.10. The lowest BCUT2D eigenvalue weighted by molar-refractivity contribution is 0.125. The lowest BCUT2D eigenvalue weighted by Gasteiger charge is -2.09. The molecule has 0 bridgehead atoms. The molecule has 0 saturated heterocycles. The Balaban J connectivity index is 2.46. The molecule has 16 heavy (non-hydrogen) atoms. The summed E-state index contributed by atoms with van der Waals surface area (Å²) in [5.41, 5.74) is 2.66. The van der Waals surface area contributed by atoms with Crippen LogP contribution in [-0.2, 0) is 17.8 Å². The van der Waals surface area contributed by atoms with E-state index in [1.807, 2.05) is 13.1 Å². The molecule has 0 heterocycles. The molecule has 0 spiro atoms. The summed E-state index contributed by atoms with van der Waals surface area (Å²) in [6.07, 6.45) is 3.85. The van der Waals surface area contributed by atoms with Crippen LogP contribution in [0.15, 0.2) is 36.9 Å². The third-order valence-corrected chi connectivity index (χ3v) is 2.49. The highest BCUT2D eigenvalue weighted by molar-refractivity contribution is 5.26. The number of rotatable bonds is 8. The largest absolute Gasteiger partial charge is 0.376 e. The van der Waals surface area contributed by atoms with Crippen LogP contribution in [-0.4, -0.2) is 20.2 Å². The van der Waals surface area contributed by atoms with Gasteiger partial charge in [-0.1, -0.05) is 30.3 Å². The van der Waals surface area contributed by atoms with Crippen molar-refractivity contribution in [3.63, 3.8) is 0 Å². The van der Waals surface area contributed by atoms with Crippen molar-refractivity contribution in [3.05, 3.63) is 48.0 Å². The van der Waals surface area contributed by atoms with Crippen LogP contribution < -0.4 is 5.32 Å². The van der Waals surface area contributed by atoms with Crippen LogP contribution in [0.5, 0.6) is 0 Å². The van der Waals surface area contributed by atoms with Gasteiger partial charge >= 0.3 is 0 Å². The average Bonchev–Trinajstić information content (AvgIpc) is 2.33. The first-order valence-electron chi connectivity index (χ1n) is 5.78.